The summed E-state index contributed by atoms with van der Waals surface area (Å²) in [6.07, 6.45) is 4.03. The first-order valence-electron chi connectivity index (χ1n) is 12.6. The van der Waals surface area contributed by atoms with Crippen molar-refractivity contribution in [2.45, 2.75) is 19.4 Å². The predicted molar refractivity (Wildman–Crippen MR) is 142 cm³/mol. The van der Waals surface area contributed by atoms with Crippen LogP contribution in [0.2, 0.25) is 0 Å². The number of hydrazone groups is 1. The number of fused-ring (bicyclic) bond motifs is 1. The van der Waals surface area contributed by atoms with Crippen molar-refractivity contribution in [2.24, 2.45) is 11.0 Å². The van der Waals surface area contributed by atoms with Gasteiger partial charge >= 0.3 is 0 Å². The van der Waals surface area contributed by atoms with Crippen LogP contribution in [0.5, 0.6) is 0 Å². The molecule has 1 N–H and O–H groups in total. The Morgan fingerprint density at radius 3 is 2.49 bits per heavy atom. The van der Waals surface area contributed by atoms with Gasteiger partial charge in [-0.25, -0.2) is 10.4 Å². The van der Waals surface area contributed by atoms with E-state index >= 15 is 0 Å². The van der Waals surface area contributed by atoms with E-state index in [1.54, 1.807) is 0 Å². The summed E-state index contributed by atoms with van der Waals surface area (Å²) >= 11 is 0. The average molecular weight is 471 g/mol. The Balaban J connectivity index is 1.21. The highest BCUT2D eigenvalue weighted by atomic mass is 16.2. The first-order chi connectivity index (χ1) is 17.2. The number of carbonyl (C=O) groups is 1. The smallest absolute Gasteiger partial charge is 0.272 e. The second kappa shape index (κ2) is 11.0. The lowest BCUT2D eigenvalue weighted by molar-refractivity contribution is 0.0956. The number of benzene rings is 2. The number of pyridine rings is 1. The van der Waals surface area contributed by atoms with Gasteiger partial charge in [-0.15, -0.1) is 0 Å². The molecule has 3 heterocycles. The molecule has 2 saturated heterocycles. The van der Waals surface area contributed by atoms with Crippen LogP contribution in [0.15, 0.2) is 65.8 Å². The van der Waals surface area contributed by atoms with Crippen LogP contribution >= 0.6 is 0 Å². The summed E-state index contributed by atoms with van der Waals surface area (Å²) in [4.78, 5) is 25.1. The molecule has 0 unspecified atom stereocenters. The van der Waals surface area contributed by atoms with Gasteiger partial charge in [-0.3, -0.25) is 9.69 Å². The van der Waals surface area contributed by atoms with Crippen LogP contribution in [-0.2, 0) is 6.54 Å². The van der Waals surface area contributed by atoms with Gasteiger partial charge in [0.25, 0.3) is 5.91 Å². The van der Waals surface area contributed by atoms with E-state index in [0.29, 0.717) is 11.5 Å². The van der Waals surface area contributed by atoms with E-state index in [4.69, 9.17) is 4.98 Å². The zero-order chi connectivity index (χ0) is 24.0. The van der Waals surface area contributed by atoms with Gasteiger partial charge in [0, 0.05) is 44.3 Å². The fourth-order valence-corrected chi connectivity index (χ4v) is 4.91. The van der Waals surface area contributed by atoms with Crippen LogP contribution in [0.25, 0.3) is 10.9 Å². The molecule has 1 amide bonds. The number of amides is 1. The zero-order valence-corrected chi connectivity index (χ0v) is 20.4. The topological polar surface area (TPSA) is 64.1 Å². The lowest BCUT2D eigenvalue weighted by atomic mass is 9.98. The van der Waals surface area contributed by atoms with E-state index in [2.05, 4.69) is 62.6 Å². The molecule has 0 radical (unpaired) electrons. The van der Waals surface area contributed by atoms with Crippen molar-refractivity contribution < 1.29 is 4.79 Å². The van der Waals surface area contributed by atoms with Crippen molar-refractivity contribution in [3.05, 3.63) is 71.8 Å². The summed E-state index contributed by atoms with van der Waals surface area (Å²) < 4.78 is 0. The number of hydrogen-bond donors (Lipinski definition) is 1. The Hall–Kier alpha value is -3.29. The highest BCUT2D eigenvalue weighted by Gasteiger charge is 2.20. The maximum atomic E-state index is 13.2. The number of likely N-dealkylation sites (N-methyl/N-ethyl adjacent to an activating group) is 1. The molecule has 2 fully saturated rings. The van der Waals surface area contributed by atoms with Gasteiger partial charge in [0.05, 0.1) is 11.1 Å². The molecule has 2 aliphatic heterocycles. The molecule has 7 heteroatoms. The standard InChI is InChI=1S/C28H34N6O/c1-32-15-17-34(18-16-32)27-19-25(24-9-5-6-10-26(24)30-27)28(35)31-29-20-22-11-13-33(14-12-22)21-23-7-3-2-4-8-23/h2-10,19-20,22H,11-18,21H2,1H3,(H,31,35). The third kappa shape index (κ3) is 5.86. The van der Waals surface area contributed by atoms with E-state index in [1.165, 1.54) is 5.56 Å². The van der Waals surface area contributed by atoms with Crippen LogP contribution in [0, 0.1) is 5.92 Å². The quantitative estimate of drug-likeness (QED) is 0.440. The van der Waals surface area contributed by atoms with Crippen molar-refractivity contribution in [2.75, 3.05) is 51.2 Å². The molecule has 182 valence electrons. The number of nitrogens with zero attached hydrogens (tertiary/aromatic N) is 5. The van der Waals surface area contributed by atoms with Gasteiger partial charge in [0.2, 0.25) is 0 Å². The Labute approximate surface area is 207 Å². The molecule has 7 nitrogen and oxygen atoms in total. The van der Waals surface area contributed by atoms with E-state index in [9.17, 15) is 4.79 Å². The summed E-state index contributed by atoms with van der Waals surface area (Å²) in [7, 11) is 2.13. The molecule has 3 aromatic rings. The fraction of sp³-hybridized carbons (Fsp3) is 0.393. The lowest BCUT2D eigenvalue weighted by Gasteiger charge is -2.33. The summed E-state index contributed by atoms with van der Waals surface area (Å²) in [5, 5.41) is 5.21. The maximum absolute atomic E-state index is 13.2. The van der Waals surface area contributed by atoms with E-state index < -0.39 is 0 Å². The molecule has 2 aliphatic rings. The molecule has 0 bridgehead atoms. The largest absolute Gasteiger partial charge is 0.354 e. The Morgan fingerprint density at radius 1 is 1.00 bits per heavy atom. The van der Waals surface area contributed by atoms with Gasteiger partial charge in [-0.05, 0) is 56.6 Å². The third-order valence-corrected chi connectivity index (χ3v) is 7.11. The van der Waals surface area contributed by atoms with Crippen LogP contribution < -0.4 is 10.3 Å². The molecule has 0 spiro atoms. The molecule has 0 atom stereocenters. The van der Waals surface area contributed by atoms with Crippen molar-refractivity contribution in [1.82, 2.24) is 20.2 Å². The van der Waals surface area contributed by atoms with E-state index in [-0.39, 0.29) is 5.91 Å². The minimum Gasteiger partial charge on any atom is -0.354 e. The highest BCUT2D eigenvalue weighted by Crippen LogP contribution is 2.24. The number of piperazine rings is 1. The summed E-state index contributed by atoms with van der Waals surface area (Å²) in [6.45, 7) is 6.88. The minimum atomic E-state index is -0.184. The molecule has 0 aliphatic carbocycles. The number of carbonyl (C=O) groups excluding carboxylic acids is 1. The zero-order valence-electron chi connectivity index (χ0n) is 20.4. The maximum Gasteiger partial charge on any atom is 0.272 e. The molecule has 35 heavy (non-hydrogen) atoms. The van der Waals surface area contributed by atoms with Crippen LogP contribution in [0.3, 0.4) is 0 Å². The monoisotopic (exact) mass is 470 g/mol. The minimum absolute atomic E-state index is 0.184. The average Bonchev–Trinajstić information content (AvgIpc) is 2.90. The molecular weight excluding hydrogens is 436 g/mol. The fourth-order valence-electron chi connectivity index (χ4n) is 4.91. The molecule has 1 aromatic heterocycles. The van der Waals surface area contributed by atoms with Crippen LogP contribution in [0.1, 0.15) is 28.8 Å². The Morgan fingerprint density at radius 2 is 1.71 bits per heavy atom. The van der Waals surface area contributed by atoms with Gasteiger partial charge in [0.15, 0.2) is 0 Å². The Bertz CT molecular complexity index is 1160. The Kier molecular flexibility index (Phi) is 7.35. The number of rotatable bonds is 6. The second-order valence-electron chi connectivity index (χ2n) is 9.65. The first-order valence-corrected chi connectivity index (χ1v) is 12.6. The molecular formula is C28H34N6O. The number of hydrogen-bond acceptors (Lipinski definition) is 6. The predicted octanol–water partition coefficient (Wildman–Crippen LogP) is 3.61. The molecule has 2 aromatic carbocycles. The van der Waals surface area contributed by atoms with Gasteiger partial charge in [-0.1, -0.05) is 48.5 Å². The number of aromatic nitrogens is 1. The SMILES string of the molecule is CN1CCN(c2cc(C(=O)NN=CC3CCN(Cc4ccccc4)CC3)c3ccccc3n2)CC1. The summed E-state index contributed by atoms with van der Waals surface area (Å²) in [5.74, 6) is 1.06. The van der Waals surface area contributed by atoms with Gasteiger partial charge in [-0.2, -0.15) is 5.10 Å². The number of piperidine rings is 1. The van der Waals surface area contributed by atoms with Crippen LogP contribution in [-0.4, -0.2) is 73.2 Å². The highest BCUT2D eigenvalue weighted by molar-refractivity contribution is 6.07. The lowest BCUT2D eigenvalue weighted by Crippen LogP contribution is -2.44. The van der Waals surface area contributed by atoms with E-state index in [0.717, 1.165) is 75.4 Å². The number of para-hydroxylation sites is 1. The normalized spacial score (nSPS) is 18.4. The van der Waals surface area contributed by atoms with Crippen molar-refractivity contribution in [3.63, 3.8) is 0 Å². The first kappa shape index (κ1) is 23.5. The second-order valence-corrected chi connectivity index (χ2v) is 9.65. The summed E-state index contributed by atoms with van der Waals surface area (Å²) in [6, 6.07) is 20.4. The number of nitrogens with one attached hydrogen (secondary N) is 1. The van der Waals surface area contributed by atoms with Gasteiger partial charge in [0.1, 0.15) is 5.82 Å². The molecule has 0 saturated carbocycles. The summed E-state index contributed by atoms with van der Waals surface area (Å²) in [5.41, 5.74) is 5.60. The van der Waals surface area contributed by atoms with Crippen LogP contribution in [0.4, 0.5) is 5.82 Å². The molecule has 5 rings (SSSR count). The van der Waals surface area contributed by atoms with Crippen molar-refractivity contribution in [3.8, 4) is 0 Å². The number of likely N-dealkylation sites (tertiary alicyclic amines) is 1. The van der Waals surface area contributed by atoms with Gasteiger partial charge < -0.3 is 9.80 Å². The van der Waals surface area contributed by atoms with Crippen molar-refractivity contribution in [1.29, 1.82) is 0 Å². The van der Waals surface area contributed by atoms with E-state index in [1.807, 2.05) is 36.5 Å². The van der Waals surface area contributed by atoms with Crippen molar-refractivity contribution >= 4 is 28.8 Å². The number of anilines is 1. The third-order valence-electron chi connectivity index (χ3n) is 7.11.